The molecule has 3 atom stereocenters. The predicted molar refractivity (Wildman–Crippen MR) is 83.6 cm³/mol. The number of aliphatic hydroxyl groups is 1. The molecule has 0 aromatic heterocycles. The van der Waals surface area contributed by atoms with Crippen LogP contribution in [-0.4, -0.2) is 30.5 Å². The summed E-state index contributed by atoms with van der Waals surface area (Å²) in [4.78, 5) is 0. The Hall–Kier alpha value is 0.0600. The molecule has 0 bridgehead atoms. The first kappa shape index (κ1) is 15.0. The fourth-order valence-electron chi connectivity index (χ4n) is 3.19. The van der Waals surface area contributed by atoms with E-state index >= 15 is 0 Å². The molecular weight excluding hydrogens is 388 g/mol. The van der Waals surface area contributed by atoms with Crippen molar-refractivity contribution in [3.8, 4) is 0 Å². The third kappa shape index (κ3) is 2.97. The first-order chi connectivity index (χ1) is 9.60. The lowest BCUT2D eigenvalue weighted by molar-refractivity contribution is -0.117. The van der Waals surface area contributed by atoms with Gasteiger partial charge in [-0.3, -0.25) is 0 Å². The Morgan fingerprint density at radius 2 is 2.15 bits per heavy atom. The lowest BCUT2D eigenvalue weighted by Gasteiger charge is -2.39. The van der Waals surface area contributed by atoms with E-state index in [1.165, 1.54) is 0 Å². The molecule has 2 saturated heterocycles. The van der Waals surface area contributed by atoms with Crippen LogP contribution in [0.1, 0.15) is 30.9 Å². The van der Waals surface area contributed by atoms with Gasteiger partial charge in [-0.1, -0.05) is 31.9 Å². The summed E-state index contributed by atoms with van der Waals surface area (Å²) in [7, 11) is 0. The van der Waals surface area contributed by atoms with Gasteiger partial charge < -0.3 is 14.6 Å². The summed E-state index contributed by atoms with van der Waals surface area (Å²) in [6.45, 7) is 2.13. The second-order valence-corrected chi connectivity index (χ2v) is 7.47. The third-order valence-electron chi connectivity index (χ3n) is 4.32. The van der Waals surface area contributed by atoms with Gasteiger partial charge in [-0.25, -0.2) is 0 Å². The van der Waals surface area contributed by atoms with Crippen LogP contribution in [-0.2, 0) is 9.47 Å². The van der Waals surface area contributed by atoms with Gasteiger partial charge in [-0.15, -0.1) is 0 Å². The number of rotatable bonds is 2. The lowest BCUT2D eigenvalue weighted by atomic mass is 9.80. The highest BCUT2D eigenvalue weighted by atomic mass is 79.9. The Labute approximate surface area is 135 Å². The summed E-state index contributed by atoms with van der Waals surface area (Å²) >= 11 is 7.01. The summed E-state index contributed by atoms with van der Waals surface area (Å²) in [5.74, 6) is 0.219. The number of benzene rings is 1. The zero-order valence-corrected chi connectivity index (χ0v) is 14.3. The standard InChI is InChI=1S/C15H18Br2O3/c16-11-1-2-13(17)12(7-11)14(18)10-3-5-20-15(8-10)4-6-19-9-15/h1-2,7,10,14,18H,3-6,8-9H2. The largest absolute Gasteiger partial charge is 0.388 e. The number of halogens is 2. The van der Waals surface area contributed by atoms with E-state index in [1.807, 2.05) is 18.2 Å². The number of aliphatic hydroxyl groups excluding tert-OH is 1. The molecule has 1 N–H and O–H groups in total. The minimum atomic E-state index is -0.469. The number of hydrogen-bond donors (Lipinski definition) is 1. The van der Waals surface area contributed by atoms with Crippen molar-refractivity contribution in [3.05, 3.63) is 32.7 Å². The van der Waals surface area contributed by atoms with E-state index in [9.17, 15) is 5.11 Å². The minimum absolute atomic E-state index is 0.164. The van der Waals surface area contributed by atoms with Gasteiger partial charge >= 0.3 is 0 Å². The molecule has 1 aromatic carbocycles. The van der Waals surface area contributed by atoms with Crippen molar-refractivity contribution in [2.45, 2.75) is 31.0 Å². The van der Waals surface area contributed by atoms with E-state index in [-0.39, 0.29) is 11.5 Å². The molecule has 0 aliphatic carbocycles. The Balaban J connectivity index is 1.79. The van der Waals surface area contributed by atoms with E-state index in [0.717, 1.165) is 40.4 Å². The smallest absolute Gasteiger partial charge is 0.0940 e. The van der Waals surface area contributed by atoms with Gasteiger partial charge in [0.15, 0.2) is 0 Å². The summed E-state index contributed by atoms with van der Waals surface area (Å²) in [6.07, 6.45) is 2.23. The van der Waals surface area contributed by atoms with Crippen LogP contribution in [0.3, 0.4) is 0 Å². The third-order valence-corrected chi connectivity index (χ3v) is 5.54. The molecule has 110 valence electrons. The van der Waals surface area contributed by atoms with Crippen LogP contribution in [0.15, 0.2) is 27.1 Å². The van der Waals surface area contributed by atoms with Gasteiger partial charge in [0.2, 0.25) is 0 Å². The van der Waals surface area contributed by atoms with E-state index in [2.05, 4.69) is 31.9 Å². The molecule has 0 saturated carbocycles. The van der Waals surface area contributed by atoms with Crippen LogP contribution in [0.25, 0.3) is 0 Å². The van der Waals surface area contributed by atoms with Gasteiger partial charge in [0, 0.05) is 28.6 Å². The maximum absolute atomic E-state index is 10.7. The van der Waals surface area contributed by atoms with Crippen LogP contribution in [0.2, 0.25) is 0 Å². The van der Waals surface area contributed by atoms with Crippen LogP contribution in [0.4, 0.5) is 0 Å². The molecule has 5 heteroatoms. The summed E-state index contributed by atoms with van der Waals surface area (Å²) in [5, 5.41) is 10.7. The van der Waals surface area contributed by atoms with Crippen LogP contribution < -0.4 is 0 Å². The average Bonchev–Trinajstić information content (AvgIpc) is 2.88. The lowest BCUT2D eigenvalue weighted by Crippen LogP contribution is -2.41. The summed E-state index contributed by atoms with van der Waals surface area (Å²) < 4.78 is 13.4. The van der Waals surface area contributed by atoms with Crippen LogP contribution >= 0.6 is 31.9 Å². The molecule has 2 heterocycles. The van der Waals surface area contributed by atoms with Gasteiger partial charge in [-0.2, -0.15) is 0 Å². The predicted octanol–water partition coefficient (Wildman–Crippen LogP) is 3.83. The van der Waals surface area contributed by atoms with E-state index < -0.39 is 6.10 Å². The van der Waals surface area contributed by atoms with E-state index in [1.54, 1.807) is 0 Å². The zero-order chi connectivity index (χ0) is 14.2. The van der Waals surface area contributed by atoms with Crippen molar-refractivity contribution in [2.75, 3.05) is 19.8 Å². The van der Waals surface area contributed by atoms with Gasteiger partial charge in [0.1, 0.15) is 0 Å². The first-order valence-electron chi connectivity index (χ1n) is 6.94. The molecule has 2 aliphatic heterocycles. The van der Waals surface area contributed by atoms with Gasteiger partial charge in [-0.05, 0) is 42.5 Å². The summed E-state index contributed by atoms with van der Waals surface area (Å²) in [6, 6.07) is 5.93. The fraction of sp³-hybridized carbons (Fsp3) is 0.600. The summed E-state index contributed by atoms with van der Waals surface area (Å²) in [5.41, 5.74) is 0.780. The van der Waals surface area contributed by atoms with Crippen LogP contribution in [0, 0.1) is 5.92 Å². The normalized spacial score (nSPS) is 31.6. The second-order valence-electron chi connectivity index (χ2n) is 5.70. The molecule has 3 rings (SSSR count). The highest BCUT2D eigenvalue weighted by Gasteiger charge is 2.43. The molecule has 2 aliphatic rings. The van der Waals surface area contributed by atoms with Crippen molar-refractivity contribution in [1.82, 2.24) is 0 Å². The molecule has 3 nitrogen and oxygen atoms in total. The Bertz CT molecular complexity index is 486. The Kier molecular flexibility index (Phi) is 4.53. The molecule has 3 unspecified atom stereocenters. The minimum Gasteiger partial charge on any atom is -0.388 e. The molecule has 1 aromatic rings. The monoisotopic (exact) mass is 404 g/mol. The topological polar surface area (TPSA) is 38.7 Å². The van der Waals surface area contributed by atoms with Gasteiger partial charge in [0.25, 0.3) is 0 Å². The molecule has 20 heavy (non-hydrogen) atoms. The van der Waals surface area contributed by atoms with Crippen molar-refractivity contribution >= 4 is 31.9 Å². The quantitative estimate of drug-likeness (QED) is 0.812. The Morgan fingerprint density at radius 1 is 1.30 bits per heavy atom. The van der Waals surface area contributed by atoms with Crippen LogP contribution in [0.5, 0.6) is 0 Å². The molecule has 0 amide bonds. The van der Waals surface area contributed by atoms with Gasteiger partial charge in [0.05, 0.1) is 18.3 Å². The molecular formula is C15H18Br2O3. The zero-order valence-electron chi connectivity index (χ0n) is 11.1. The van der Waals surface area contributed by atoms with E-state index in [4.69, 9.17) is 9.47 Å². The van der Waals surface area contributed by atoms with Crippen molar-refractivity contribution in [1.29, 1.82) is 0 Å². The SMILES string of the molecule is OC(c1cc(Br)ccc1Br)C1CCOC2(CCOC2)C1. The highest BCUT2D eigenvalue weighted by molar-refractivity contribution is 9.11. The highest BCUT2D eigenvalue weighted by Crippen LogP contribution is 2.42. The first-order valence-corrected chi connectivity index (χ1v) is 8.53. The second kappa shape index (κ2) is 6.05. The van der Waals surface area contributed by atoms with Crippen molar-refractivity contribution < 1.29 is 14.6 Å². The molecule has 1 spiro atoms. The molecule has 2 fully saturated rings. The van der Waals surface area contributed by atoms with E-state index in [0.29, 0.717) is 13.2 Å². The fourth-order valence-corrected chi connectivity index (χ4v) is 4.05. The maximum Gasteiger partial charge on any atom is 0.0940 e. The molecule has 0 radical (unpaired) electrons. The van der Waals surface area contributed by atoms with Crippen molar-refractivity contribution in [3.63, 3.8) is 0 Å². The van der Waals surface area contributed by atoms with Crippen molar-refractivity contribution in [2.24, 2.45) is 5.92 Å². The number of hydrogen-bond acceptors (Lipinski definition) is 3. The maximum atomic E-state index is 10.7. The Morgan fingerprint density at radius 3 is 2.90 bits per heavy atom. The average molecular weight is 406 g/mol. The number of ether oxygens (including phenoxy) is 2.